The highest BCUT2D eigenvalue weighted by molar-refractivity contribution is 5.81. The van der Waals surface area contributed by atoms with E-state index in [2.05, 4.69) is 0 Å². The first-order chi connectivity index (χ1) is 6.83. The van der Waals surface area contributed by atoms with E-state index in [0.29, 0.717) is 23.3 Å². The number of alkyl halides is 1. The lowest BCUT2D eigenvalue weighted by atomic mass is 10.2. The highest BCUT2D eigenvalue weighted by atomic mass is 19.1. The normalized spacial score (nSPS) is 9.57. The first-order valence-corrected chi connectivity index (χ1v) is 4.14. The summed E-state index contributed by atoms with van der Waals surface area (Å²) in [4.78, 5) is 10.6. The molecule has 14 heavy (non-hydrogen) atoms. The molecule has 1 aromatic carbocycles. The Morgan fingerprint density at radius 3 is 2.86 bits per heavy atom. The summed E-state index contributed by atoms with van der Waals surface area (Å²) in [7, 11) is 1.46. The summed E-state index contributed by atoms with van der Waals surface area (Å²) in [5.41, 5.74) is 0.359. The van der Waals surface area contributed by atoms with Gasteiger partial charge in [-0.2, -0.15) is 0 Å². The summed E-state index contributed by atoms with van der Waals surface area (Å²) < 4.78 is 21.9. The Morgan fingerprint density at radius 2 is 2.29 bits per heavy atom. The van der Waals surface area contributed by atoms with E-state index in [4.69, 9.17) is 9.47 Å². The summed E-state index contributed by atoms with van der Waals surface area (Å²) >= 11 is 0. The van der Waals surface area contributed by atoms with Crippen molar-refractivity contribution in [3.8, 4) is 11.5 Å². The first-order valence-electron chi connectivity index (χ1n) is 4.14. The van der Waals surface area contributed by atoms with Crippen molar-refractivity contribution in [2.24, 2.45) is 0 Å². The number of rotatable bonds is 5. The average molecular weight is 198 g/mol. The van der Waals surface area contributed by atoms with Crippen molar-refractivity contribution in [2.45, 2.75) is 0 Å². The molecular weight excluding hydrogens is 187 g/mol. The van der Waals surface area contributed by atoms with E-state index < -0.39 is 6.67 Å². The van der Waals surface area contributed by atoms with Gasteiger partial charge in [0, 0.05) is 0 Å². The molecule has 4 heteroatoms. The molecule has 3 nitrogen and oxygen atoms in total. The minimum atomic E-state index is -0.601. The van der Waals surface area contributed by atoms with E-state index in [1.165, 1.54) is 7.11 Å². The zero-order valence-corrected chi connectivity index (χ0v) is 7.83. The molecule has 0 bridgehead atoms. The average Bonchev–Trinajstić information content (AvgIpc) is 2.25. The van der Waals surface area contributed by atoms with E-state index in [0.717, 1.165) is 0 Å². The van der Waals surface area contributed by atoms with Crippen LogP contribution in [0.4, 0.5) is 4.39 Å². The van der Waals surface area contributed by atoms with E-state index in [1.807, 2.05) is 0 Å². The molecular formula is C10H11FO3. The number of halogens is 1. The van der Waals surface area contributed by atoms with Gasteiger partial charge in [-0.3, -0.25) is 4.79 Å². The fourth-order valence-corrected chi connectivity index (χ4v) is 1.08. The van der Waals surface area contributed by atoms with Crippen LogP contribution in [0.1, 0.15) is 10.4 Å². The van der Waals surface area contributed by atoms with Gasteiger partial charge in [0.15, 0.2) is 17.8 Å². The molecule has 1 aromatic rings. The summed E-state index contributed by atoms with van der Waals surface area (Å²) in [5.74, 6) is 0.728. The fraction of sp³-hybridized carbons (Fsp3) is 0.300. The van der Waals surface area contributed by atoms with Crippen molar-refractivity contribution in [3.63, 3.8) is 0 Å². The standard InChI is InChI=1S/C10H11FO3/c1-13-9-4-2-3-8(7-12)10(9)14-6-5-11/h2-4,7H,5-6H2,1H3. The highest BCUT2D eigenvalue weighted by Crippen LogP contribution is 2.29. The Balaban J connectivity index is 2.99. The molecule has 0 aliphatic rings. The van der Waals surface area contributed by atoms with Crippen molar-refractivity contribution in [1.29, 1.82) is 0 Å². The number of ether oxygens (including phenoxy) is 2. The second kappa shape index (κ2) is 5.21. The molecule has 0 saturated carbocycles. The Bertz CT molecular complexity index is 312. The van der Waals surface area contributed by atoms with Crippen molar-refractivity contribution in [2.75, 3.05) is 20.4 Å². The van der Waals surface area contributed by atoms with Crippen LogP contribution in [0.25, 0.3) is 0 Å². The van der Waals surface area contributed by atoms with Gasteiger partial charge >= 0.3 is 0 Å². The maximum absolute atomic E-state index is 11.9. The Morgan fingerprint density at radius 1 is 1.50 bits per heavy atom. The smallest absolute Gasteiger partial charge is 0.171 e. The third-order valence-electron chi connectivity index (χ3n) is 1.68. The van der Waals surface area contributed by atoms with Crippen LogP contribution in [-0.4, -0.2) is 26.7 Å². The number of hydrogen-bond acceptors (Lipinski definition) is 3. The van der Waals surface area contributed by atoms with Crippen LogP contribution in [0, 0.1) is 0 Å². The lowest BCUT2D eigenvalue weighted by Crippen LogP contribution is -2.03. The number of aldehydes is 1. The molecule has 76 valence electrons. The van der Waals surface area contributed by atoms with Crippen LogP contribution in [0.15, 0.2) is 18.2 Å². The molecule has 0 N–H and O–H groups in total. The number of para-hydroxylation sites is 1. The van der Waals surface area contributed by atoms with Crippen molar-refractivity contribution in [1.82, 2.24) is 0 Å². The van der Waals surface area contributed by atoms with Gasteiger partial charge in [-0.15, -0.1) is 0 Å². The molecule has 0 aliphatic carbocycles. The maximum Gasteiger partial charge on any atom is 0.171 e. The van der Waals surface area contributed by atoms with E-state index >= 15 is 0 Å². The Kier molecular flexibility index (Phi) is 3.91. The monoisotopic (exact) mass is 198 g/mol. The third kappa shape index (κ3) is 2.22. The number of benzene rings is 1. The van der Waals surface area contributed by atoms with Gasteiger partial charge in [-0.1, -0.05) is 6.07 Å². The van der Waals surface area contributed by atoms with Crippen molar-refractivity contribution in [3.05, 3.63) is 23.8 Å². The molecule has 0 amide bonds. The van der Waals surface area contributed by atoms with Crippen LogP contribution < -0.4 is 9.47 Å². The minimum absolute atomic E-state index is 0.0821. The van der Waals surface area contributed by atoms with E-state index in [1.54, 1.807) is 18.2 Å². The first kappa shape index (κ1) is 10.5. The molecule has 0 saturated heterocycles. The second-order valence-corrected chi connectivity index (χ2v) is 2.53. The molecule has 0 spiro atoms. The number of carbonyl (C=O) groups is 1. The second-order valence-electron chi connectivity index (χ2n) is 2.53. The van der Waals surface area contributed by atoms with Crippen LogP contribution in [0.5, 0.6) is 11.5 Å². The quantitative estimate of drug-likeness (QED) is 0.677. The predicted molar refractivity (Wildman–Crippen MR) is 49.9 cm³/mol. The maximum atomic E-state index is 11.9. The molecule has 0 atom stereocenters. The topological polar surface area (TPSA) is 35.5 Å². The van der Waals surface area contributed by atoms with Gasteiger partial charge < -0.3 is 9.47 Å². The molecule has 0 fully saturated rings. The van der Waals surface area contributed by atoms with Crippen LogP contribution in [0.2, 0.25) is 0 Å². The summed E-state index contributed by atoms with van der Waals surface area (Å²) in [5, 5.41) is 0. The lowest BCUT2D eigenvalue weighted by Gasteiger charge is -2.10. The highest BCUT2D eigenvalue weighted by Gasteiger charge is 2.09. The van der Waals surface area contributed by atoms with E-state index in [9.17, 15) is 9.18 Å². The fourth-order valence-electron chi connectivity index (χ4n) is 1.08. The van der Waals surface area contributed by atoms with Crippen LogP contribution in [0.3, 0.4) is 0 Å². The number of methoxy groups -OCH3 is 1. The third-order valence-corrected chi connectivity index (χ3v) is 1.68. The lowest BCUT2D eigenvalue weighted by molar-refractivity contribution is 0.111. The molecule has 1 rings (SSSR count). The molecule has 0 unspecified atom stereocenters. The summed E-state index contributed by atoms with van der Waals surface area (Å²) in [6.07, 6.45) is 0.649. The minimum Gasteiger partial charge on any atom is -0.493 e. The van der Waals surface area contributed by atoms with Crippen LogP contribution in [-0.2, 0) is 0 Å². The zero-order valence-electron chi connectivity index (χ0n) is 7.83. The van der Waals surface area contributed by atoms with Crippen molar-refractivity contribution < 1.29 is 18.7 Å². The Hall–Kier alpha value is -1.58. The zero-order chi connectivity index (χ0) is 10.4. The largest absolute Gasteiger partial charge is 0.493 e. The van der Waals surface area contributed by atoms with Gasteiger partial charge in [0.05, 0.1) is 12.7 Å². The van der Waals surface area contributed by atoms with Gasteiger partial charge in [0.1, 0.15) is 13.3 Å². The number of hydrogen-bond donors (Lipinski definition) is 0. The molecule has 0 radical (unpaired) electrons. The van der Waals surface area contributed by atoms with Crippen molar-refractivity contribution >= 4 is 6.29 Å². The van der Waals surface area contributed by atoms with E-state index in [-0.39, 0.29) is 6.61 Å². The van der Waals surface area contributed by atoms with Gasteiger partial charge in [0.25, 0.3) is 0 Å². The van der Waals surface area contributed by atoms with Gasteiger partial charge in [-0.05, 0) is 12.1 Å². The predicted octanol–water partition coefficient (Wildman–Crippen LogP) is 1.86. The summed E-state index contributed by atoms with van der Waals surface area (Å²) in [6, 6.07) is 4.91. The number of carbonyl (C=O) groups excluding carboxylic acids is 1. The SMILES string of the molecule is COc1cccc(C=O)c1OCCF. The Labute approximate surface area is 81.4 Å². The molecule has 0 aromatic heterocycles. The van der Waals surface area contributed by atoms with Gasteiger partial charge in [-0.25, -0.2) is 4.39 Å². The summed E-state index contributed by atoms with van der Waals surface area (Å²) in [6.45, 7) is -0.683. The molecule has 0 aliphatic heterocycles. The van der Waals surface area contributed by atoms with Gasteiger partial charge in [0.2, 0.25) is 0 Å². The van der Waals surface area contributed by atoms with Crippen LogP contribution >= 0.6 is 0 Å². The molecule has 0 heterocycles.